The predicted octanol–water partition coefficient (Wildman–Crippen LogP) is 1.93. The highest BCUT2D eigenvalue weighted by atomic mass is 35.5. The molecule has 0 aromatic carbocycles. The Kier molecular flexibility index (Phi) is 3.43. The maximum absolute atomic E-state index is 6.01. The third-order valence-corrected chi connectivity index (χ3v) is 3.50. The number of aryl methyl sites for hydroxylation is 4. The second-order valence-corrected chi connectivity index (χ2v) is 4.75. The van der Waals surface area contributed by atoms with Crippen LogP contribution in [0.2, 0.25) is 0 Å². The number of rotatable bonds is 5. The van der Waals surface area contributed by atoms with Gasteiger partial charge in [-0.25, -0.2) is 9.67 Å². The van der Waals surface area contributed by atoms with Crippen molar-refractivity contribution in [2.45, 2.75) is 39.2 Å². The molecule has 3 aromatic rings. The number of halogens is 1. The number of imidazole rings is 1. The van der Waals surface area contributed by atoms with Crippen molar-refractivity contribution in [3.8, 4) is 0 Å². The molecule has 0 saturated heterocycles. The summed E-state index contributed by atoms with van der Waals surface area (Å²) in [5.41, 5.74) is 2.84. The average Bonchev–Trinajstić information content (AvgIpc) is 3.14. The summed E-state index contributed by atoms with van der Waals surface area (Å²) in [6.07, 6.45) is 2.00. The molecule has 0 bridgehead atoms. The summed E-state index contributed by atoms with van der Waals surface area (Å²) in [4.78, 5) is 8.61. The van der Waals surface area contributed by atoms with Gasteiger partial charge in [0.15, 0.2) is 11.5 Å². The first-order valence-electron chi connectivity index (χ1n) is 6.48. The second kappa shape index (κ2) is 5.24. The summed E-state index contributed by atoms with van der Waals surface area (Å²) in [6, 6.07) is 0. The SMILES string of the molecule is CCn1nc(C)c2nc(CCl)n(CCc3ncon3)c21. The highest BCUT2D eigenvalue weighted by Crippen LogP contribution is 2.21. The minimum atomic E-state index is 0.365. The van der Waals surface area contributed by atoms with Crippen molar-refractivity contribution in [3.63, 3.8) is 0 Å². The normalized spacial score (nSPS) is 11.6. The lowest BCUT2D eigenvalue weighted by Crippen LogP contribution is -2.10. The standard InChI is InChI=1S/C12H15ClN6O/c1-3-19-12-11(8(2)16-19)15-10(6-13)18(12)5-4-9-14-7-20-17-9/h7H,3-6H2,1-2H3. The van der Waals surface area contributed by atoms with Crippen LogP contribution in [0, 0.1) is 6.92 Å². The van der Waals surface area contributed by atoms with Crippen LogP contribution in [-0.4, -0.2) is 29.5 Å². The Bertz CT molecular complexity index is 714. The zero-order valence-electron chi connectivity index (χ0n) is 11.4. The van der Waals surface area contributed by atoms with E-state index in [-0.39, 0.29) is 0 Å². The zero-order chi connectivity index (χ0) is 14.1. The average molecular weight is 295 g/mol. The maximum Gasteiger partial charge on any atom is 0.213 e. The molecule has 0 saturated carbocycles. The lowest BCUT2D eigenvalue weighted by Gasteiger charge is -2.07. The van der Waals surface area contributed by atoms with Crippen LogP contribution in [0.25, 0.3) is 11.2 Å². The van der Waals surface area contributed by atoms with E-state index in [1.807, 2.05) is 11.6 Å². The van der Waals surface area contributed by atoms with Gasteiger partial charge in [-0.05, 0) is 13.8 Å². The molecule has 0 aliphatic carbocycles. The molecule has 0 N–H and O–H groups in total. The molecule has 0 spiro atoms. The van der Waals surface area contributed by atoms with Gasteiger partial charge in [-0.3, -0.25) is 0 Å². The topological polar surface area (TPSA) is 74.6 Å². The first-order valence-corrected chi connectivity index (χ1v) is 7.01. The van der Waals surface area contributed by atoms with E-state index in [1.54, 1.807) is 0 Å². The van der Waals surface area contributed by atoms with Crippen LogP contribution < -0.4 is 0 Å². The van der Waals surface area contributed by atoms with Gasteiger partial charge in [-0.2, -0.15) is 10.1 Å². The van der Waals surface area contributed by atoms with Crippen molar-refractivity contribution >= 4 is 22.8 Å². The molecule has 3 rings (SSSR count). The van der Waals surface area contributed by atoms with Crippen LogP contribution in [0.3, 0.4) is 0 Å². The summed E-state index contributed by atoms with van der Waals surface area (Å²) < 4.78 is 8.78. The van der Waals surface area contributed by atoms with Gasteiger partial charge >= 0.3 is 0 Å². The number of aromatic nitrogens is 6. The van der Waals surface area contributed by atoms with E-state index in [2.05, 4.69) is 31.7 Å². The first-order chi connectivity index (χ1) is 9.74. The molecule has 0 aliphatic heterocycles. The summed E-state index contributed by atoms with van der Waals surface area (Å²) in [6.45, 7) is 5.51. The molecule has 7 nitrogen and oxygen atoms in total. The van der Waals surface area contributed by atoms with Crippen LogP contribution in [0.1, 0.15) is 24.3 Å². The summed E-state index contributed by atoms with van der Waals surface area (Å²) in [5, 5.41) is 8.31. The molecule has 20 heavy (non-hydrogen) atoms. The van der Waals surface area contributed by atoms with E-state index in [9.17, 15) is 0 Å². The Morgan fingerprint density at radius 2 is 2.25 bits per heavy atom. The van der Waals surface area contributed by atoms with E-state index in [0.29, 0.717) is 24.7 Å². The Balaban J connectivity index is 2.02. The van der Waals surface area contributed by atoms with Crippen molar-refractivity contribution < 1.29 is 4.52 Å². The van der Waals surface area contributed by atoms with Gasteiger partial charge < -0.3 is 9.09 Å². The van der Waals surface area contributed by atoms with Crippen molar-refractivity contribution in [1.82, 2.24) is 29.5 Å². The number of nitrogens with zero attached hydrogens (tertiary/aromatic N) is 6. The van der Waals surface area contributed by atoms with Crippen LogP contribution in [0.15, 0.2) is 10.9 Å². The maximum atomic E-state index is 6.01. The van der Waals surface area contributed by atoms with Crippen molar-refractivity contribution in [3.05, 3.63) is 23.7 Å². The lowest BCUT2D eigenvalue weighted by atomic mass is 10.4. The number of fused-ring (bicyclic) bond motifs is 1. The van der Waals surface area contributed by atoms with Crippen LogP contribution >= 0.6 is 11.6 Å². The second-order valence-electron chi connectivity index (χ2n) is 4.48. The molecule has 0 fully saturated rings. The van der Waals surface area contributed by atoms with Gasteiger partial charge in [0.1, 0.15) is 11.3 Å². The third kappa shape index (κ3) is 2.07. The van der Waals surface area contributed by atoms with Crippen molar-refractivity contribution in [2.75, 3.05) is 0 Å². The van der Waals surface area contributed by atoms with Crippen molar-refractivity contribution in [1.29, 1.82) is 0 Å². The largest absolute Gasteiger partial charge is 0.343 e. The smallest absolute Gasteiger partial charge is 0.213 e. The van der Waals surface area contributed by atoms with E-state index >= 15 is 0 Å². The molecule has 0 amide bonds. The molecule has 8 heteroatoms. The fourth-order valence-corrected chi connectivity index (χ4v) is 2.55. The molecule has 3 aromatic heterocycles. The van der Waals surface area contributed by atoms with Gasteiger partial charge in [0.05, 0.1) is 11.6 Å². The number of alkyl halides is 1. The zero-order valence-corrected chi connectivity index (χ0v) is 12.1. The quantitative estimate of drug-likeness (QED) is 0.672. The monoisotopic (exact) mass is 294 g/mol. The molecule has 0 aliphatic rings. The molecule has 0 atom stereocenters. The van der Waals surface area contributed by atoms with Crippen LogP contribution in [0.4, 0.5) is 0 Å². The lowest BCUT2D eigenvalue weighted by molar-refractivity contribution is 0.408. The summed E-state index contributed by atoms with van der Waals surface area (Å²) >= 11 is 6.01. The Morgan fingerprint density at radius 3 is 2.90 bits per heavy atom. The summed E-state index contributed by atoms with van der Waals surface area (Å²) in [5.74, 6) is 1.88. The molecule has 106 valence electrons. The Morgan fingerprint density at radius 1 is 1.40 bits per heavy atom. The van der Waals surface area contributed by atoms with E-state index < -0.39 is 0 Å². The fourth-order valence-electron chi connectivity index (χ4n) is 2.34. The highest BCUT2D eigenvalue weighted by molar-refractivity contribution is 6.16. The van der Waals surface area contributed by atoms with E-state index in [4.69, 9.17) is 16.1 Å². The van der Waals surface area contributed by atoms with Gasteiger partial charge in [0, 0.05) is 19.5 Å². The first kappa shape index (κ1) is 13.1. The molecule has 3 heterocycles. The molecular weight excluding hydrogens is 280 g/mol. The third-order valence-electron chi connectivity index (χ3n) is 3.26. The van der Waals surface area contributed by atoms with Crippen LogP contribution in [0.5, 0.6) is 0 Å². The molecular formula is C12H15ClN6O. The molecule has 0 unspecified atom stereocenters. The van der Waals surface area contributed by atoms with Gasteiger partial charge in [0.25, 0.3) is 0 Å². The summed E-state index contributed by atoms with van der Waals surface area (Å²) in [7, 11) is 0. The van der Waals surface area contributed by atoms with Crippen molar-refractivity contribution in [2.24, 2.45) is 0 Å². The van der Waals surface area contributed by atoms with E-state index in [1.165, 1.54) is 6.39 Å². The van der Waals surface area contributed by atoms with Gasteiger partial charge in [0.2, 0.25) is 6.39 Å². The fraction of sp³-hybridized carbons (Fsp3) is 0.500. The highest BCUT2D eigenvalue weighted by Gasteiger charge is 2.17. The number of hydrogen-bond donors (Lipinski definition) is 0. The van der Waals surface area contributed by atoms with Crippen LogP contribution in [-0.2, 0) is 25.4 Å². The minimum Gasteiger partial charge on any atom is -0.343 e. The number of hydrogen-bond acceptors (Lipinski definition) is 5. The predicted molar refractivity (Wildman–Crippen MR) is 73.5 cm³/mol. The van der Waals surface area contributed by atoms with E-state index in [0.717, 1.165) is 29.2 Å². The minimum absolute atomic E-state index is 0.365. The molecule has 0 radical (unpaired) electrons. The van der Waals surface area contributed by atoms with Gasteiger partial charge in [-0.1, -0.05) is 5.16 Å². The Hall–Kier alpha value is -1.89. The Labute approximate surface area is 120 Å². The van der Waals surface area contributed by atoms with Gasteiger partial charge in [-0.15, -0.1) is 11.6 Å².